The van der Waals surface area contributed by atoms with Crippen LogP contribution < -0.4 is 20.7 Å². The van der Waals surface area contributed by atoms with Gasteiger partial charge in [0.1, 0.15) is 30.0 Å². The predicted molar refractivity (Wildman–Crippen MR) is 170 cm³/mol. The highest BCUT2D eigenvalue weighted by Crippen LogP contribution is 2.18. The van der Waals surface area contributed by atoms with Crippen LogP contribution in [0.25, 0.3) is 0 Å². The molecule has 3 aromatic rings. The number of nitrogens with one attached hydrogen (secondary N) is 3. The molecule has 0 aromatic heterocycles. The Balaban J connectivity index is 1.71. The molecule has 8 nitrogen and oxygen atoms in total. The predicted octanol–water partition coefficient (Wildman–Crippen LogP) is 6.49. The SMILES string of the molecule is Cc1cc(C)cc(NC(=O)NC(CC(C)C)C(=O)NC(Cc2ccc(OCc3ccccc3)cc2)C(=O)OC(C)(C)C)c1. The number of hydrogen-bond acceptors (Lipinski definition) is 5. The molecule has 43 heavy (non-hydrogen) atoms. The second-order valence-corrected chi connectivity index (χ2v) is 12.4. The van der Waals surface area contributed by atoms with Crippen molar-refractivity contribution in [1.82, 2.24) is 10.6 Å². The molecule has 0 saturated carbocycles. The van der Waals surface area contributed by atoms with Gasteiger partial charge in [-0.15, -0.1) is 0 Å². The number of amides is 3. The lowest BCUT2D eigenvalue weighted by Crippen LogP contribution is -2.54. The van der Waals surface area contributed by atoms with Crippen molar-refractivity contribution < 1.29 is 23.9 Å². The fourth-order valence-corrected chi connectivity index (χ4v) is 4.61. The van der Waals surface area contributed by atoms with Crippen molar-refractivity contribution in [3.05, 3.63) is 95.1 Å². The lowest BCUT2D eigenvalue weighted by atomic mass is 10.0. The van der Waals surface area contributed by atoms with Crippen LogP contribution in [0, 0.1) is 19.8 Å². The molecule has 3 aromatic carbocycles. The number of anilines is 1. The summed E-state index contributed by atoms with van der Waals surface area (Å²) in [5.41, 5.74) is 3.82. The molecule has 3 N–H and O–H groups in total. The second kappa shape index (κ2) is 15.2. The van der Waals surface area contributed by atoms with E-state index in [1.165, 1.54) is 0 Å². The van der Waals surface area contributed by atoms with E-state index in [0.29, 0.717) is 24.5 Å². The molecule has 0 radical (unpaired) electrons. The first kappa shape index (κ1) is 33.2. The Morgan fingerprint density at radius 2 is 1.42 bits per heavy atom. The van der Waals surface area contributed by atoms with Crippen LogP contribution in [0.15, 0.2) is 72.8 Å². The van der Waals surface area contributed by atoms with E-state index >= 15 is 0 Å². The molecule has 2 unspecified atom stereocenters. The van der Waals surface area contributed by atoms with Gasteiger partial charge in [-0.1, -0.05) is 62.4 Å². The lowest BCUT2D eigenvalue weighted by molar-refractivity contribution is -0.158. The quantitative estimate of drug-likeness (QED) is 0.210. The number of hydrogen-bond donors (Lipinski definition) is 3. The summed E-state index contributed by atoms with van der Waals surface area (Å²) in [6.45, 7) is 13.6. The Hall–Kier alpha value is -4.33. The molecule has 230 valence electrons. The largest absolute Gasteiger partial charge is 0.489 e. The second-order valence-electron chi connectivity index (χ2n) is 12.4. The van der Waals surface area contributed by atoms with E-state index in [9.17, 15) is 14.4 Å². The van der Waals surface area contributed by atoms with Crippen LogP contribution in [0.3, 0.4) is 0 Å². The van der Waals surface area contributed by atoms with Gasteiger partial charge in [-0.05, 0) is 93.5 Å². The lowest BCUT2D eigenvalue weighted by Gasteiger charge is -2.27. The molecule has 3 rings (SSSR count). The summed E-state index contributed by atoms with van der Waals surface area (Å²) in [4.78, 5) is 39.7. The van der Waals surface area contributed by atoms with Gasteiger partial charge in [-0.25, -0.2) is 9.59 Å². The van der Waals surface area contributed by atoms with Crippen LogP contribution in [-0.2, 0) is 27.4 Å². The first-order valence-electron chi connectivity index (χ1n) is 14.7. The van der Waals surface area contributed by atoms with E-state index in [-0.39, 0.29) is 12.3 Å². The fraction of sp³-hybridized carbons (Fsp3) is 0.400. The average molecular weight is 588 g/mol. The van der Waals surface area contributed by atoms with E-state index in [4.69, 9.17) is 9.47 Å². The van der Waals surface area contributed by atoms with Crippen LogP contribution in [0.5, 0.6) is 5.75 Å². The Bertz CT molecular complexity index is 1340. The van der Waals surface area contributed by atoms with Crippen LogP contribution in [-0.4, -0.2) is 35.6 Å². The van der Waals surface area contributed by atoms with E-state index in [0.717, 1.165) is 22.3 Å². The van der Waals surface area contributed by atoms with Gasteiger partial charge in [-0.3, -0.25) is 4.79 Å². The molecule has 8 heteroatoms. The summed E-state index contributed by atoms with van der Waals surface area (Å²) >= 11 is 0. The fourth-order valence-electron chi connectivity index (χ4n) is 4.61. The molecule has 0 spiro atoms. The van der Waals surface area contributed by atoms with Gasteiger partial charge in [0.05, 0.1) is 0 Å². The van der Waals surface area contributed by atoms with Gasteiger partial charge in [0.2, 0.25) is 5.91 Å². The van der Waals surface area contributed by atoms with Crippen molar-refractivity contribution in [1.29, 1.82) is 0 Å². The molecule has 2 atom stereocenters. The highest BCUT2D eigenvalue weighted by Gasteiger charge is 2.30. The third-order valence-electron chi connectivity index (χ3n) is 6.43. The Labute approximate surface area is 255 Å². The standard InChI is InChI=1S/C35H45N3O5/c1-23(2)17-30(38-34(41)36-28-19-24(3)18-25(4)20-28)32(39)37-31(33(40)43-35(5,6)7)21-26-13-15-29(16-14-26)42-22-27-11-9-8-10-12-27/h8-16,18-20,23,30-31H,17,21-22H2,1-7H3,(H,37,39)(H2,36,38,41). The normalized spacial score (nSPS) is 12.7. The van der Waals surface area contributed by atoms with Crippen LogP contribution in [0.1, 0.15) is 63.3 Å². The summed E-state index contributed by atoms with van der Waals surface area (Å²) in [5, 5.41) is 8.47. The Morgan fingerprint density at radius 3 is 2.00 bits per heavy atom. The van der Waals surface area contributed by atoms with Crippen molar-refractivity contribution in [3.8, 4) is 5.75 Å². The first-order chi connectivity index (χ1) is 20.3. The average Bonchev–Trinajstić information content (AvgIpc) is 2.90. The van der Waals surface area contributed by atoms with Crippen molar-refractivity contribution >= 4 is 23.6 Å². The molecule has 0 heterocycles. The van der Waals surface area contributed by atoms with Crippen LogP contribution in [0.4, 0.5) is 10.5 Å². The zero-order chi connectivity index (χ0) is 31.6. The summed E-state index contributed by atoms with van der Waals surface area (Å²) in [6.07, 6.45) is 0.601. The maximum absolute atomic E-state index is 13.5. The van der Waals surface area contributed by atoms with E-state index < -0.39 is 35.6 Å². The van der Waals surface area contributed by atoms with Crippen molar-refractivity contribution in [3.63, 3.8) is 0 Å². The monoisotopic (exact) mass is 587 g/mol. The molecular formula is C35H45N3O5. The minimum Gasteiger partial charge on any atom is -0.489 e. The number of carbonyl (C=O) groups is 3. The van der Waals surface area contributed by atoms with Gasteiger partial charge >= 0.3 is 12.0 Å². The third kappa shape index (κ3) is 11.8. The topological polar surface area (TPSA) is 106 Å². The molecule has 0 aliphatic heterocycles. The summed E-state index contributed by atoms with van der Waals surface area (Å²) in [7, 11) is 0. The summed E-state index contributed by atoms with van der Waals surface area (Å²) in [6, 6.07) is 20.7. The first-order valence-corrected chi connectivity index (χ1v) is 14.7. The third-order valence-corrected chi connectivity index (χ3v) is 6.43. The van der Waals surface area contributed by atoms with Gasteiger partial charge in [0, 0.05) is 12.1 Å². The number of ether oxygens (including phenoxy) is 2. The summed E-state index contributed by atoms with van der Waals surface area (Å²) in [5.74, 6) is -0.196. The smallest absolute Gasteiger partial charge is 0.329 e. The van der Waals surface area contributed by atoms with Crippen LogP contribution >= 0.6 is 0 Å². The number of urea groups is 1. The minimum atomic E-state index is -0.957. The zero-order valence-corrected chi connectivity index (χ0v) is 26.3. The molecule has 0 saturated heterocycles. The molecule has 0 aliphatic rings. The van der Waals surface area contributed by atoms with Gasteiger partial charge < -0.3 is 25.4 Å². The molecular weight excluding hydrogens is 542 g/mol. The van der Waals surface area contributed by atoms with E-state index in [2.05, 4.69) is 16.0 Å². The zero-order valence-electron chi connectivity index (χ0n) is 26.3. The van der Waals surface area contributed by atoms with Gasteiger partial charge in [-0.2, -0.15) is 0 Å². The van der Waals surface area contributed by atoms with Crippen LogP contribution in [0.2, 0.25) is 0 Å². The number of aryl methyl sites for hydroxylation is 2. The number of benzene rings is 3. The van der Waals surface area contributed by atoms with Crippen molar-refractivity contribution in [2.75, 3.05) is 5.32 Å². The summed E-state index contributed by atoms with van der Waals surface area (Å²) < 4.78 is 11.5. The van der Waals surface area contributed by atoms with Crippen molar-refractivity contribution in [2.45, 2.75) is 85.6 Å². The highest BCUT2D eigenvalue weighted by atomic mass is 16.6. The maximum Gasteiger partial charge on any atom is 0.329 e. The van der Waals surface area contributed by atoms with Crippen molar-refractivity contribution in [2.24, 2.45) is 5.92 Å². The molecule has 3 amide bonds. The number of esters is 1. The van der Waals surface area contributed by atoms with Gasteiger partial charge in [0.25, 0.3) is 0 Å². The maximum atomic E-state index is 13.5. The highest BCUT2D eigenvalue weighted by molar-refractivity contribution is 5.95. The molecule has 0 fully saturated rings. The van der Waals surface area contributed by atoms with E-state index in [1.807, 2.05) is 100 Å². The molecule has 0 bridgehead atoms. The Kier molecular flexibility index (Phi) is 11.8. The van der Waals surface area contributed by atoms with Gasteiger partial charge in [0.15, 0.2) is 0 Å². The van der Waals surface area contributed by atoms with E-state index in [1.54, 1.807) is 20.8 Å². The number of carbonyl (C=O) groups excluding carboxylic acids is 3. The minimum absolute atomic E-state index is 0.112. The number of rotatable bonds is 12. The Morgan fingerprint density at radius 1 is 0.791 bits per heavy atom. The molecule has 0 aliphatic carbocycles.